The SMILES string of the molecule is CC(C)CN(c1nccc(/C(N)=N/O)n1)C1CC1. The molecule has 2 rings (SSSR count). The van der Waals surface area contributed by atoms with Crippen LogP contribution in [-0.2, 0) is 0 Å². The lowest BCUT2D eigenvalue weighted by Gasteiger charge is -2.24. The summed E-state index contributed by atoms with van der Waals surface area (Å²) in [6, 6.07) is 2.17. The number of oxime groups is 1. The Morgan fingerprint density at radius 1 is 1.61 bits per heavy atom. The minimum atomic E-state index is 0.0129. The standard InChI is InChI=1S/C12H19N5O/c1-8(2)7-17(9-3-4-9)12-14-6-5-10(15-12)11(13)16-18/h5-6,8-9,18H,3-4,7H2,1-2H3,(H2,13,16). The second-order valence-electron chi connectivity index (χ2n) is 5.00. The van der Waals surface area contributed by atoms with E-state index in [9.17, 15) is 0 Å². The third-order valence-corrected chi connectivity index (χ3v) is 2.82. The first-order valence-corrected chi connectivity index (χ1v) is 6.19. The molecule has 0 aliphatic heterocycles. The van der Waals surface area contributed by atoms with Gasteiger partial charge in [-0.1, -0.05) is 19.0 Å². The van der Waals surface area contributed by atoms with Gasteiger partial charge in [-0.15, -0.1) is 0 Å². The van der Waals surface area contributed by atoms with Crippen molar-refractivity contribution in [2.75, 3.05) is 11.4 Å². The number of nitrogens with zero attached hydrogens (tertiary/aromatic N) is 4. The highest BCUT2D eigenvalue weighted by atomic mass is 16.4. The van der Waals surface area contributed by atoms with Gasteiger partial charge in [-0.25, -0.2) is 9.97 Å². The molecule has 1 saturated carbocycles. The summed E-state index contributed by atoms with van der Waals surface area (Å²) in [4.78, 5) is 10.9. The molecule has 1 heterocycles. The van der Waals surface area contributed by atoms with Gasteiger partial charge in [0.1, 0.15) is 5.69 Å². The molecular formula is C12H19N5O. The maximum atomic E-state index is 8.67. The zero-order chi connectivity index (χ0) is 13.1. The van der Waals surface area contributed by atoms with Crippen LogP contribution in [0, 0.1) is 5.92 Å². The summed E-state index contributed by atoms with van der Waals surface area (Å²) in [7, 11) is 0. The fraction of sp³-hybridized carbons (Fsp3) is 0.583. The molecule has 0 unspecified atom stereocenters. The van der Waals surface area contributed by atoms with Gasteiger partial charge in [-0.2, -0.15) is 0 Å². The molecule has 1 aliphatic carbocycles. The van der Waals surface area contributed by atoms with E-state index in [1.165, 1.54) is 12.8 Å². The van der Waals surface area contributed by atoms with Crippen molar-refractivity contribution in [3.05, 3.63) is 18.0 Å². The van der Waals surface area contributed by atoms with Crippen molar-refractivity contribution in [1.82, 2.24) is 9.97 Å². The van der Waals surface area contributed by atoms with Crippen molar-refractivity contribution in [1.29, 1.82) is 0 Å². The fourth-order valence-electron chi connectivity index (χ4n) is 1.85. The maximum Gasteiger partial charge on any atom is 0.226 e. The van der Waals surface area contributed by atoms with E-state index in [0.29, 0.717) is 23.6 Å². The van der Waals surface area contributed by atoms with E-state index in [1.54, 1.807) is 12.3 Å². The summed E-state index contributed by atoms with van der Waals surface area (Å²) < 4.78 is 0. The summed E-state index contributed by atoms with van der Waals surface area (Å²) >= 11 is 0. The van der Waals surface area contributed by atoms with Crippen LogP contribution in [0.25, 0.3) is 0 Å². The van der Waals surface area contributed by atoms with Gasteiger partial charge in [0.25, 0.3) is 0 Å². The normalized spacial score (nSPS) is 16.1. The number of anilines is 1. The molecule has 0 radical (unpaired) electrons. The molecule has 0 bridgehead atoms. The zero-order valence-corrected chi connectivity index (χ0v) is 10.7. The molecule has 1 aromatic heterocycles. The quantitative estimate of drug-likeness (QED) is 0.354. The first kappa shape index (κ1) is 12.6. The first-order chi connectivity index (χ1) is 8.61. The van der Waals surface area contributed by atoms with E-state index < -0.39 is 0 Å². The first-order valence-electron chi connectivity index (χ1n) is 6.19. The number of rotatable bonds is 5. The Hall–Kier alpha value is -1.85. The van der Waals surface area contributed by atoms with Crippen molar-refractivity contribution < 1.29 is 5.21 Å². The molecular weight excluding hydrogens is 230 g/mol. The third-order valence-electron chi connectivity index (χ3n) is 2.82. The molecule has 1 aromatic rings. The predicted octanol–water partition coefficient (Wildman–Crippen LogP) is 1.20. The smallest absolute Gasteiger partial charge is 0.226 e. The lowest BCUT2D eigenvalue weighted by Crippen LogP contribution is -2.32. The summed E-state index contributed by atoms with van der Waals surface area (Å²) in [5, 5.41) is 11.6. The van der Waals surface area contributed by atoms with Crippen molar-refractivity contribution in [3.63, 3.8) is 0 Å². The van der Waals surface area contributed by atoms with Gasteiger partial charge in [0.2, 0.25) is 5.95 Å². The summed E-state index contributed by atoms with van der Waals surface area (Å²) in [6.45, 7) is 5.26. The van der Waals surface area contributed by atoms with Crippen molar-refractivity contribution >= 4 is 11.8 Å². The van der Waals surface area contributed by atoms with E-state index in [2.05, 4.69) is 33.9 Å². The summed E-state index contributed by atoms with van der Waals surface area (Å²) in [5.41, 5.74) is 6.00. The van der Waals surface area contributed by atoms with Crippen LogP contribution < -0.4 is 10.6 Å². The van der Waals surface area contributed by atoms with Crippen LogP contribution in [0.2, 0.25) is 0 Å². The van der Waals surface area contributed by atoms with Crippen molar-refractivity contribution in [3.8, 4) is 0 Å². The van der Waals surface area contributed by atoms with E-state index in [4.69, 9.17) is 10.9 Å². The van der Waals surface area contributed by atoms with Gasteiger partial charge in [-0.05, 0) is 24.8 Å². The van der Waals surface area contributed by atoms with Crippen LogP contribution in [0.15, 0.2) is 17.4 Å². The highest BCUT2D eigenvalue weighted by Crippen LogP contribution is 2.30. The maximum absolute atomic E-state index is 8.67. The molecule has 98 valence electrons. The Morgan fingerprint density at radius 2 is 2.33 bits per heavy atom. The van der Waals surface area contributed by atoms with E-state index in [-0.39, 0.29) is 5.84 Å². The highest BCUT2D eigenvalue weighted by molar-refractivity contribution is 5.95. The fourth-order valence-corrected chi connectivity index (χ4v) is 1.85. The molecule has 6 nitrogen and oxygen atoms in total. The second-order valence-corrected chi connectivity index (χ2v) is 5.00. The van der Waals surface area contributed by atoms with Crippen molar-refractivity contribution in [2.45, 2.75) is 32.7 Å². The van der Waals surface area contributed by atoms with Crippen molar-refractivity contribution in [2.24, 2.45) is 16.8 Å². The molecule has 0 atom stereocenters. The Balaban J connectivity index is 2.24. The van der Waals surface area contributed by atoms with E-state index in [0.717, 1.165) is 6.54 Å². The number of amidine groups is 1. The Bertz CT molecular complexity index is 442. The summed E-state index contributed by atoms with van der Waals surface area (Å²) in [5.74, 6) is 1.22. The third kappa shape index (κ3) is 2.88. The average Bonchev–Trinajstić information content (AvgIpc) is 3.19. The highest BCUT2D eigenvalue weighted by Gasteiger charge is 2.31. The Labute approximate surface area is 107 Å². The van der Waals surface area contributed by atoms with Gasteiger partial charge in [-0.3, -0.25) is 0 Å². The van der Waals surface area contributed by atoms with Gasteiger partial charge in [0.05, 0.1) is 0 Å². The van der Waals surface area contributed by atoms with Crippen LogP contribution in [0.5, 0.6) is 0 Å². The number of aromatic nitrogens is 2. The van der Waals surface area contributed by atoms with E-state index in [1.807, 2.05) is 0 Å². The number of hydrogen-bond donors (Lipinski definition) is 2. The number of nitrogens with two attached hydrogens (primary N) is 1. The van der Waals surface area contributed by atoms with Crippen LogP contribution >= 0.6 is 0 Å². The lowest BCUT2D eigenvalue weighted by molar-refractivity contribution is 0.318. The average molecular weight is 249 g/mol. The van der Waals surface area contributed by atoms with Crippen LogP contribution in [0.1, 0.15) is 32.4 Å². The monoisotopic (exact) mass is 249 g/mol. The molecule has 0 saturated heterocycles. The molecule has 6 heteroatoms. The summed E-state index contributed by atoms with van der Waals surface area (Å²) in [6.07, 6.45) is 4.01. The van der Waals surface area contributed by atoms with Gasteiger partial charge >= 0.3 is 0 Å². The zero-order valence-electron chi connectivity index (χ0n) is 10.7. The Morgan fingerprint density at radius 3 is 2.89 bits per heavy atom. The molecule has 1 fully saturated rings. The largest absolute Gasteiger partial charge is 0.409 e. The second kappa shape index (κ2) is 5.20. The molecule has 0 spiro atoms. The molecule has 0 aromatic carbocycles. The topological polar surface area (TPSA) is 87.6 Å². The van der Waals surface area contributed by atoms with E-state index >= 15 is 0 Å². The van der Waals surface area contributed by atoms with Gasteiger partial charge in [0.15, 0.2) is 5.84 Å². The minimum Gasteiger partial charge on any atom is -0.409 e. The molecule has 3 N–H and O–H groups in total. The molecule has 1 aliphatic rings. The van der Waals surface area contributed by atoms with Gasteiger partial charge < -0.3 is 15.8 Å². The van der Waals surface area contributed by atoms with Crippen LogP contribution in [-0.4, -0.2) is 33.6 Å². The molecule has 18 heavy (non-hydrogen) atoms. The van der Waals surface area contributed by atoms with Crippen LogP contribution in [0.4, 0.5) is 5.95 Å². The Kier molecular flexibility index (Phi) is 3.64. The lowest BCUT2D eigenvalue weighted by atomic mass is 10.2. The minimum absolute atomic E-state index is 0.0129. The van der Waals surface area contributed by atoms with Gasteiger partial charge in [0, 0.05) is 18.8 Å². The number of hydrogen-bond acceptors (Lipinski definition) is 5. The predicted molar refractivity (Wildman–Crippen MR) is 69.7 cm³/mol. The van der Waals surface area contributed by atoms with Crippen LogP contribution in [0.3, 0.4) is 0 Å². The molecule has 0 amide bonds.